The van der Waals surface area contributed by atoms with Crippen molar-refractivity contribution in [2.45, 2.75) is 26.4 Å². The summed E-state index contributed by atoms with van der Waals surface area (Å²) in [5.41, 5.74) is 1.94. The zero-order valence-electron chi connectivity index (χ0n) is 13.4. The SMILES string of the molecule is CCOc1cc2c(cc1NC(=O)c1ccc(F)cc1Br)OC(C)C2. The van der Waals surface area contributed by atoms with E-state index in [0.717, 1.165) is 17.7 Å². The van der Waals surface area contributed by atoms with Crippen LogP contribution in [0.3, 0.4) is 0 Å². The second-order valence-electron chi connectivity index (χ2n) is 5.60. The number of nitrogens with one attached hydrogen (secondary N) is 1. The molecule has 0 bridgehead atoms. The molecule has 1 aliphatic rings. The van der Waals surface area contributed by atoms with E-state index in [1.54, 1.807) is 6.07 Å². The standard InChI is InChI=1S/C18H17BrFNO3/c1-3-23-17-7-11-6-10(2)24-16(11)9-15(17)21-18(22)13-5-4-12(20)8-14(13)19/h4-5,7-10H,3,6H2,1-2H3,(H,21,22). The molecule has 1 heterocycles. The molecular weight excluding hydrogens is 377 g/mol. The number of hydrogen-bond acceptors (Lipinski definition) is 3. The molecule has 0 aliphatic carbocycles. The van der Waals surface area contributed by atoms with E-state index in [2.05, 4.69) is 21.2 Å². The van der Waals surface area contributed by atoms with Gasteiger partial charge in [0.1, 0.15) is 23.4 Å². The van der Waals surface area contributed by atoms with E-state index < -0.39 is 5.82 Å². The van der Waals surface area contributed by atoms with Crippen molar-refractivity contribution in [1.29, 1.82) is 0 Å². The van der Waals surface area contributed by atoms with Crippen molar-refractivity contribution < 1.29 is 18.7 Å². The third-order valence-electron chi connectivity index (χ3n) is 3.72. The molecule has 2 aromatic carbocycles. The number of halogens is 2. The molecule has 0 saturated heterocycles. The number of carbonyl (C=O) groups excluding carboxylic acids is 1. The predicted molar refractivity (Wildman–Crippen MR) is 93.5 cm³/mol. The Balaban J connectivity index is 1.91. The summed E-state index contributed by atoms with van der Waals surface area (Å²) in [5.74, 6) is 0.585. The average molecular weight is 394 g/mol. The van der Waals surface area contributed by atoms with E-state index in [4.69, 9.17) is 9.47 Å². The highest BCUT2D eigenvalue weighted by Crippen LogP contribution is 2.38. The van der Waals surface area contributed by atoms with E-state index in [9.17, 15) is 9.18 Å². The van der Waals surface area contributed by atoms with E-state index in [0.29, 0.717) is 28.1 Å². The Morgan fingerprint density at radius 3 is 2.92 bits per heavy atom. The van der Waals surface area contributed by atoms with Gasteiger partial charge in [-0.15, -0.1) is 0 Å². The highest BCUT2D eigenvalue weighted by molar-refractivity contribution is 9.10. The first-order valence-electron chi connectivity index (χ1n) is 7.70. The Morgan fingerprint density at radius 1 is 1.42 bits per heavy atom. The Morgan fingerprint density at radius 2 is 2.21 bits per heavy atom. The van der Waals surface area contributed by atoms with Crippen LogP contribution in [-0.4, -0.2) is 18.6 Å². The molecule has 6 heteroatoms. The fourth-order valence-electron chi connectivity index (χ4n) is 2.68. The second-order valence-corrected chi connectivity index (χ2v) is 6.45. The Hall–Kier alpha value is -2.08. The minimum absolute atomic E-state index is 0.103. The van der Waals surface area contributed by atoms with E-state index >= 15 is 0 Å². The lowest BCUT2D eigenvalue weighted by molar-refractivity contribution is 0.102. The minimum atomic E-state index is -0.409. The molecule has 3 rings (SSSR count). The van der Waals surface area contributed by atoms with Crippen LogP contribution in [0, 0.1) is 5.82 Å². The molecule has 0 radical (unpaired) electrons. The van der Waals surface area contributed by atoms with Gasteiger partial charge in [-0.05, 0) is 54.0 Å². The molecule has 0 spiro atoms. The number of fused-ring (bicyclic) bond motifs is 1. The van der Waals surface area contributed by atoms with E-state index in [1.165, 1.54) is 18.2 Å². The van der Waals surface area contributed by atoms with Gasteiger partial charge in [0.2, 0.25) is 0 Å². The first kappa shape index (κ1) is 16.8. The molecule has 1 unspecified atom stereocenters. The maximum absolute atomic E-state index is 13.2. The summed E-state index contributed by atoms with van der Waals surface area (Å²) < 4.78 is 25.0. The maximum atomic E-state index is 13.2. The summed E-state index contributed by atoms with van der Waals surface area (Å²) in [5, 5.41) is 2.82. The van der Waals surface area contributed by atoms with Crippen molar-refractivity contribution in [2.24, 2.45) is 0 Å². The highest BCUT2D eigenvalue weighted by atomic mass is 79.9. The smallest absolute Gasteiger partial charge is 0.256 e. The third-order valence-corrected chi connectivity index (χ3v) is 4.38. The van der Waals surface area contributed by atoms with Gasteiger partial charge in [0.25, 0.3) is 5.91 Å². The summed E-state index contributed by atoms with van der Waals surface area (Å²) >= 11 is 3.21. The second kappa shape index (κ2) is 6.81. The van der Waals surface area contributed by atoms with Crippen LogP contribution in [0.1, 0.15) is 29.8 Å². The lowest BCUT2D eigenvalue weighted by atomic mass is 10.1. The van der Waals surface area contributed by atoms with Crippen LogP contribution < -0.4 is 14.8 Å². The third kappa shape index (κ3) is 3.38. The Bertz CT molecular complexity index is 794. The molecule has 0 aromatic heterocycles. The molecular formula is C18H17BrFNO3. The lowest BCUT2D eigenvalue weighted by Gasteiger charge is -2.14. The fraction of sp³-hybridized carbons (Fsp3) is 0.278. The van der Waals surface area contributed by atoms with Gasteiger partial charge >= 0.3 is 0 Å². The molecule has 1 amide bonds. The van der Waals surface area contributed by atoms with Gasteiger partial charge in [-0.1, -0.05) is 0 Å². The summed E-state index contributed by atoms with van der Waals surface area (Å²) in [6.45, 7) is 4.36. The van der Waals surface area contributed by atoms with Crippen LogP contribution in [0.25, 0.3) is 0 Å². The molecule has 1 atom stereocenters. The van der Waals surface area contributed by atoms with Crippen LogP contribution in [0.2, 0.25) is 0 Å². The maximum Gasteiger partial charge on any atom is 0.256 e. The number of hydrogen-bond donors (Lipinski definition) is 1. The number of rotatable bonds is 4. The number of carbonyl (C=O) groups is 1. The van der Waals surface area contributed by atoms with Crippen molar-refractivity contribution in [3.8, 4) is 11.5 Å². The number of ether oxygens (including phenoxy) is 2. The van der Waals surface area contributed by atoms with Crippen molar-refractivity contribution in [3.05, 3.63) is 51.7 Å². The molecule has 24 heavy (non-hydrogen) atoms. The molecule has 1 N–H and O–H groups in total. The van der Waals surface area contributed by atoms with Gasteiger partial charge < -0.3 is 14.8 Å². The molecule has 126 valence electrons. The first-order valence-corrected chi connectivity index (χ1v) is 8.50. The number of benzene rings is 2. The number of amides is 1. The minimum Gasteiger partial charge on any atom is -0.492 e. The van der Waals surface area contributed by atoms with Crippen molar-refractivity contribution in [2.75, 3.05) is 11.9 Å². The first-order chi connectivity index (χ1) is 11.5. The lowest BCUT2D eigenvalue weighted by Crippen LogP contribution is -2.14. The van der Waals surface area contributed by atoms with Gasteiger partial charge in [-0.25, -0.2) is 4.39 Å². The Labute approximate surface area is 148 Å². The molecule has 4 nitrogen and oxygen atoms in total. The predicted octanol–water partition coefficient (Wildman–Crippen LogP) is 4.56. The highest BCUT2D eigenvalue weighted by Gasteiger charge is 2.23. The quantitative estimate of drug-likeness (QED) is 0.827. The van der Waals surface area contributed by atoms with Crippen molar-refractivity contribution in [1.82, 2.24) is 0 Å². The zero-order valence-corrected chi connectivity index (χ0v) is 14.9. The van der Waals surface area contributed by atoms with Crippen molar-refractivity contribution in [3.63, 3.8) is 0 Å². The summed E-state index contributed by atoms with van der Waals surface area (Å²) in [6.07, 6.45) is 0.916. The van der Waals surface area contributed by atoms with Crippen LogP contribution in [0.4, 0.5) is 10.1 Å². The van der Waals surface area contributed by atoms with Gasteiger partial charge in [-0.3, -0.25) is 4.79 Å². The van der Waals surface area contributed by atoms with Crippen LogP contribution in [0.5, 0.6) is 11.5 Å². The normalized spacial score (nSPS) is 15.6. The van der Waals surface area contributed by atoms with E-state index in [1.807, 2.05) is 19.9 Å². The van der Waals surface area contributed by atoms with E-state index in [-0.39, 0.29) is 12.0 Å². The summed E-state index contributed by atoms with van der Waals surface area (Å²) in [4.78, 5) is 12.5. The monoisotopic (exact) mass is 393 g/mol. The van der Waals surface area contributed by atoms with Crippen molar-refractivity contribution >= 4 is 27.5 Å². The molecule has 0 saturated carbocycles. The average Bonchev–Trinajstić information content (AvgIpc) is 2.86. The summed E-state index contributed by atoms with van der Waals surface area (Å²) in [7, 11) is 0. The van der Waals surface area contributed by atoms with Gasteiger partial charge in [0.15, 0.2) is 0 Å². The summed E-state index contributed by atoms with van der Waals surface area (Å²) in [6, 6.07) is 7.61. The van der Waals surface area contributed by atoms with Crippen LogP contribution in [-0.2, 0) is 6.42 Å². The van der Waals surface area contributed by atoms with Crippen LogP contribution >= 0.6 is 15.9 Å². The number of anilines is 1. The Kier molecular flexibility index (Phi) is 4.76. The topological polar surface area (TPSA) is 47.6 Å². The zero-order chi connectivity index (χ0) is 17.3. The molecule has 0 fully saturated rings. The fourth-order valence-corrected chi connectivity index (χ4v) is 3.21. The van der Waals surface area contributed by atoms with Crippen LogP contribution in [0.15, 0.2) is 34.8 Å². The molecule has 1 aliphatic heterocycles. The van der Waals surface area contributed by atoms with Gasteiger partial charge in [0.05, 0.1) is 17.9 Å². The molecule has 2 aromatic rings. The van der Waals surface area contributed by atoms with Gasteiger partial charge in [0, 0.05) is 22.5 Å². The largest absolute Gasteiger partial charge is 0.492 e. The van der Waals surface area contributed by atoms with Gasteiger partial charge in [-0.2, -0.15) is 0 Å².